The van der Waals surface area contributed by atoms with Crippen LogP contribution in [0.15, 0.2) is 12.1 Å². The van der Waals surface area contributed by atoms with Crippen LogP contribution >= 0.6 is 22.9 Å². The normalized spacial score (nSPS) is 21.3. The molecule has 1 aliphatic heterocycles. The monoisotopic (exact) mass is 287 g/mol. The van der Waals surface area contributed by atoms with E-state index >= 15 is 0 Å². The van der Waals surface area contributed by atoms with Gasteiger partial charge in [0.15, 0.2) is 0 Å². The number of hydrogen-bond acceptors (Lipinski definition) is 3. The molecule has 1 fully saturated rings. The molecule has 18 heavy (non-hydrogen) atoms. The Balaban J connectivity index is 1.79. The van der Waals surface area contributed by atoms with E-state index in [1.54, 1.807) is 11.3 Å². The molecule has 0 amide bonds. The summed E-state index contributed by atoms with van der Waals surface area (Å²) in [7, 11) is 0. The van der Waals surface area contributed by atoms with Gasteiger partial charge in [-0.2, -0.15) is 0 Å². The number of likely N-dealkylation sites (N-methyl/N-ethyl adjacent to an activating group) is 1. The third-order valence-corrected chi connectivity index (χ3v) is 4.68. The number of halogens is 1. The van der Waals surface area contributed by atoms with Crippen LogP contribution in [0, 0.1) is 0 Å². The van der Waals surface area contributed by atoms with E-state index in [4.69, 9.17) is 16.3 Å². The summed E-state index contributed by atoms with van der Waals surface area (Å²) in [5.41, 5.74) is 0. The second-order valence-corrected chi connectivity index (χ2v) is 6.68. The lowest BCUT2D eigenvalue weighted by molar-refractivity contribution is 0.0996. The van der Waals surface area contributed by atoms with Gasteiger partial charge in [-0.3, -0.25) is 0 Å². The first-order valence-electron chi connectivity index (χ1n) is 6.87. The molecule has 0 aliphatic carbocycles. The molecule has 0 saturated carbocycles. The molecule has 0 bridgehead atoms. The van der Waals surface area contributed by atoms with Crippen LogP contribution in [-0.4, -0.2) is 25.3 Å². The lowest BCUT2D eigenvalue weighted by Crippen LogP contribution is -2.31. The van der Waals surface area contributed by atoms with Gasteiger partial charge in [0.05, 0.1) is 10.4 Å². The van der Waals surface area contributed by atoms with Crippen LogP contribution in [0.3, 0.4) is 0 Å². The standard InChI is InChI=1S/C14H22ClNOS/c1-2-16-11(5-6-12-4-3-9-17-12)10-13-7-8-14(15)18-13/h7-8,11-12,16H,2-6,9-10H2,1H3. The van der Waals surface area contributed by atoms with Crippen LogP contribution in [0.5, 0.6) is 0 Å². The largest absolute Gasteiger partial charge is 0.378 e. The average Bonchev–Trinajstić information content (AvgIpc) is 2.98. The summed E-state index contributed by atoms with van der Waals surface area (Å²) >= 11 is 7.67. The van der Waals surface area contributed by atoms with Crippen molar-refractivity contribution in [1.82, 2.24) is 5.32 Å². The first-order valence-corrected chi connectivity index (χ1v) is 8.06. The minimum absolute atomic E-state index is 0.498. The van der Waals surface area contributed by atoms with Crippen molar-refractivity contribution in [2.24, 2.45) is 0 Å². The summed E-state index contributed by atoms with van der Waals surface area (Å²) in [6.45, 7) is 4.15. The first kappa shape index (κ1) is 14.3. The zero-order valence-electron chi connectivity index (χ0n) is 11.0. The van der Waals surface area contributed by atoms with Gasteiger partial charge >= 0.3 is 0 Å². The molecule has 1 saturated heterocycles. The highest BCUT2D eigenvalue weighted by Crippen LogP contribution is 2.24. The van der Waals surface area contributed by atoms with Crippen LogP contribution in [-0.2, 0) is 11.2 Å². The summed E-state index contributed by atoms with van der Waals surface area (Å²) < 4.78 is 6.58. The maximum Gasteiger partial charge on any atom is 0.0931 e. The van der Waals surface area contributed by atoms with Crippen molar-refractivity contribution in [3.8, 4) is 0 Å². The number of hydrogen-bond donors (Lipinski definition) is 1. The summed E-state index contributed by atoms with van der Waals surface area (Å²) in [4.78, 5) is 1.37. The molecule has 0 aromatic carbocycles. The molecular weight excluding hydrogens is 266 g/mol. The molecule has 102 valence electrons. The fourth-order valence-corrected chi connectivity index (χ4v) is 3.70. The van der Waals surface area contributed by atoms with Crippen LogP contribution in [0.1, 0.15) is 37.5 Å². The van der Waals surface area contributed by atoms with Gasteiger partial charge in [0.2, 0.25) is 0 Å². The topological polar surface area (TPSA) is 21.3 Å². The van der Waals surface area contributed by atoms with Crippen molar-refractivity contribution < 1.29 is 4.74 Å². The van der Waals surface area contributed by atoms with Crippen molar-refractivity contribution in [2.75, 3.05) is 13.2 Å². The lowest BCUT2D eigenvalue weighted by atomic mass is 10.0. The minimum Gasteiger partial charge on any atom is -0.378 e. The zero-order chi connectivity index (χ0) is 12.8. The van der Waals surface area contributed by atoms with Crippen molar-refractivity contribution in [3.05, 3.63) is 21.3 Å². The van der Waals surface area contributed by atoms with Gasteiger partial charge in [0.1, 0.15) is 0 Å². The van der Waals surface area contributed by atoms with E-state index in [1.807, 2.05) is 6.07 Å². The van der Waals surface area contributed by atoms with Crippen molar-refractivity contribution in [2.45, 2.75) is 51.2 Å². The van der Waals surface area contributed by atoms with E-state index < -0.39 is 0 Å². The first-order chi connectivity index (χ1) is 8.78. The van der Waals surface area contributed by atoms with E-state index in [-0.39, 0.29) is 0 Å². The highest BCUT2D eigenvalue weighted by molar-refractivity contribution is 7.16. The summed E-state index contributed by atoms with van der Waals surface area (Å²) in [5, 5.41) is 3.57. The Hall–Kier alpha value is -0.0900. The zero-order valence-corrected chi connectivity index (χ0v) is 12.5. The highest BCUT2D eigenvalue weighted by Gasteiger charge is 2.18. The van der Waals surface area contributed by atoms with Crippen molar-refractivity contribution in [3.63, 3.8) is 0 Å². The average molecular weight is 288 g/mol. The molecule has 4 heteroatoms. The van der Waals surface area contributed by atoms with E-state index in [1.165, 1.54) is 30.6 Å². The van der Waals surface area contributed by atoms with Gasteiger partial charge in [-0.05, 0) is 50.8 Å². The number of ether oxygens (including phenoxy) is 1. The van der Waals surface area contributed by atoms with Gasteiger partial charge in [-0.1, -0.05) is 18.5 Å². The third-order valence-electron chi connectivity index (χ3n) is 3.43. The fraction of sp³-hybridized carbons (Fsp3) is 0.714. The molecule has 2 unspecified atom stereocenters. The summed E-state index contributed by atoms with van der Waals surface area (Å²) in [5.74, 6) is 0. The molecule has 2 heterocycles. The predicted molar refractivity (Wildman–Crippen MR) is 78.7 cm³/mol. The summed E-state index contributed by atoms with van der Waals surface area (Å²) in [6, 6.07) is 4.68. The van der Waals surface area contributed by atoms with E-state index in [9.17, 15) is 0 Å². The van der Waals surface area contributed by atoms with Crippen LogP contribution in [0.25, 0.3) is 0 Å². The Bertz CT molecular complexity index is 349. The fourth-order valence-electron chi connectivity index (χ4n) is 2.53. The molecular formula is C14H22ClNOS. The molecule has 1 aromatic rings. The molecule has 0 radical (unpaired) electrons. The maximum atomic E-state index is 5.98. The van der Waals surface area contributed by atoms with Crippen LogP contribution in [0.4, 0.5) is 0 Å². The van der Waals surface area contributed by atoms with Gasteiger partial charge in [-0.25, -0.2) is 0 Å². The Kier molecular flexibility index (Phi) is 5.96. The van der Waals surface area contributed by atoms with Crippen LogP contribution < -0.4 is 5.32 Å². The highest BCUT2D eigenvalue weighted by atomic mass is 35.5. The summed E-state index contributed by atoms with van der Waals surface area (Å²) in [6.07, 6.45) is 6.42. The Labute approximate surface area is 119 Å². The molecule has 2 atom stereocenters. The Morgan fingerprint density at radius 1 is 1.56 bits per heavy atom. The Morgan fingerprint density at radius 3 is 3.06 bits per heavy atom. The second kappa shape index (κ2) is 7.49. The quantitative estimate of drug-likeness (QED) is 0.822. The van der Waals surface area contributed by atoms with Gasteiger partial charge in [0.25, 0.3) is 0 Å². The van der Waals surface area contributed by atoms with Crippen molar-refractivity contribution >= 4 is 22.9 Å². The SMILES string of the molecule is CCNC(CCC1CCCO1)Cc1ccc(Cl)s1. The Morgan fingerprint density at radius 2 is 2.44 bits per heavy atom. The van der Waals surface area contributed by atoms with Gasteiger partial charge in [0, 0.05) is 17.5 Å². The maximum absolute atomic E-state index is 5.98. The van der Waals surface area contributed by atoms with E-state index in [0.29, 0.717) is 12.1 Å². The van der Waals surface area contributed by atoms with E-state index in [0.717, 1.165) is 23.9 Å². The number of nitrogens with one attached hydrogen (secondary N) is 1. The number of thiophene rings is 1. The van der Waals surface area contributed by atoms with E-state index in [2.05, 4.69) is 18.3 Å². The lowest BCUT2D eigenvalue weighted by Gasteiger charge is -2.19. The number of rotatable bonds is 7. The minimum atomic E-state index is 0.498. The molecule has 2 nitrogen and oxygen atoms in total. The molecule has 2 rings (SSSR count). The van der Waals surface area contributed by atoms with Crippen LogP contribution in [0.2, 0.25) is 4.34 Å². The van der Waals surface area contributed by atoms with Crippen molar-refractivity contribution in [1.29, 1.82) is 0 Å². The van der Waals surface area contributed by atoms with Gasteiger partial charge in [-0.15, -0.1) is 11.3 Å². The predicted octanol–water partition coefficient (Wildman–Crippen LogP) is 3.88. The second-order valence-electron chi connectivity index (χ2n) is 4.88. The molecule has 1 N–H and O–H groups in total. The van der Waals surface area contributed by atoms with Gasteiger partial charge < -0.3 is 10.1 Å². The molecule has 1 aromatic heterocycles. The molecule has 1 aliphatic rings. The third kappa shape index (κ3) is 4.54. The smallest absolute Gasteiger partial charge is 0.0931 e. The molecule has 0 spiro atoms.